The molecule has 0 aliphatic heterocycles. The first-order chi connectivity index (χ1) is 6.86. The SMILES string of the molecule is CCCSc1ccc(CCCF)cc1. The summed E-state index contributed by atoms with van der Waals surface area (Å²) < 4.78 is 11.9. The Morgan fingerprint density at radius 3 is 2.50 bits per heavy atom. The van der Waals surface area contributed by atoms with E-state index in [1.807, 2.05) is 11.8 Å². The summed E-state index contributed by atoms with van der Waals surface area (Å²) in [6.07, 6.45) is 2.70. The number of aryl methyl sites for hydroxylation is 1. The van der Waals surface area contributed by atoms with E-state index in [-0.39, 0.29) is 6.67 Å². The average Bonchev–Trinajstić information content (AvgIpc) is 2.25. The van der Waals surface area contributed by atoms with Crippen molar-refractivity contribution < 1.29 is 4.39 Å². The lowest BCUT2D eigenvalue weighted by atomic mass is 10.1. The Morgan fingerprint density at radius 2 is 1.93 bits per heavy atom. The van der Waals surface area contributed by atoms with Gasteiger partial charge in [-0.2, -0.15) is 0 Å². The van der Waals surface area contributed by atoms with E-state index in [1.54, 1.807) is 0 Å². The van der Waals surface area contributed by atoms with E-state index >= 15 is 0 Å². The van der Waals surface area contributed by atoms with Crippen molar-refractivity contribution in [2.45, 2.75) is 31.1 Å². The van der Waals surface area contributed by atoms with Gasteiger partial charge in [0.1, 0.15) is 0 Å². The normalized spacial score (nSPS) is 10.4. The van der Waals surface area contributed by atoms with Crippen molar-refractivity contribution in [2.24, 2.45) is 0 Å². The van der Waals surface area contributed by atoms with Crippen LogP contribution in [0.5, 0.6) is 0 Å². The van der Waals surface area contributed by atoms with E-state index in [1.165, 1.54) is 22.6 Å². The second-order valence-electron chi connectivity index (χ2n) is 3.28. The molecule has 0 radical (unpaired) electrons. The van der Waals surface area contributed by atoms with Crippen LogP contribution >= 0.6 is 11.8 Å². The molecular weight excluding hydrogens is 195 g/mol. The topological polar surface area (TPSA) is 0 Å². The lowest BCUT2D eigenvalue weighted by molar-refractivity contribution is 0.473. The third kappa shape index (κ3) is 4.14. The predicted molar refractivity (Wildman–Crippen MR) is 61.8 cm³/mol. The highest BCUT2D eigenvalue weighted by Gasteiger charge is 1.95. The summed E-state index contributed by atoms with van der Waals surface area (Å²) in [5, 5.41) is 0. The van der Waals surface area contributed by atoms with Gasteiger partial charge in [-0.05, 0) is 42.7 Å². The highest BCUT2D eigenvalue weighted by atomic mass is 32.2. The van der Waals surface area contributed by atoms with Crippen LogP contribution in [-0.4, -0.2) is 12.4 Å². The van der Waals surface area contributed by atoms with Crippen molar-refractivity contribution in [1.29, 1.82) is 0 Å². The molecule has 0 atom stereocenters. The van der Waals surface area contributed by atoms with Gasteiger partial charge < -0.3 is 0 Å². The second kappa shape index (κ2) is 6.88. The Bertz CT molecular complexity index is 216. The Kier molecular flexibility index (Phi) is 5.69. The highest BCUT2D eigenvalue weighted by molar-refractivity contribution is 7.99. The van der Waals surface area contributed by atoms with Gasteiger partial charge in [-0.1, -0.05) is 19.1 Å². The van der Waals surface area contributed by atoms with Crippen molar-refractivity contribution in [3.63, 3.8) is 0 Å². The molecule has 0 saturated carbocycles. The van der Waals surface area contributed by atoms with Crippen LogP contribution in [0.2, 0.25) is 0 Å². The molecular formula is C12H17FS. The molecule has 1 aromatic rings. The van der Waals surface area contributed by atoms with Crippen LogP contribution in [0.1, 0.15) is 25.3 Å². The van der Waals surface area contributed by atoms with Gasteiger partial charge in [0.25, 0.3) is 0 Å². The Hall–Kier alpha value is -0.500. The molecule has 0 saturated heterocycles. The van der Waals surface area contributed by atoms with Gasteiger partial charge in [-0.3, -0.25) is 4.39 Å². The molecule has 1 rings (SSSR count). The van der Waals surface area contributed by atoms with E-state index in [0.717, 1.165) is 6.42 Å². The summed E-state index contributed by atoms with van der Waals surface area (Å²) >= 11 is 1.88. The van der Waals surface area contributed by atoms with E-state index in [0.29, 0.717) is 6.42 Å². The smallest absolute Gasteiger partial charge is 0.0897 e. The summed E-state index contributed by atoms with van der Waals surface area (Å²) in [5.74, 6) is 1.17. The zero-order chi connectivity index (χ0) is 10.2. The lowest BCUT2D eigenvalue weighted by Gasteiger charge is -2.02. The maximum atomic E-state index is 11.9. The van der Waals surface area contributed by atoms with E-state index < -0.39 is 0 Å². The van der Waals surface area contributed by atoms with Gasteiger partial charge in [-0.15, -0.1) is 11.8 Å². The maximum absolute atomic E-state index is 11.9. The van der Waals surface area contributed by atoms with Crippen LogP contribution in [-0.2, 0) is 6.42 Å². The zero-order valence-electron chi connectivity index (χ0n) is 8.63. The molecule has 0 nitrogen and oxygen atoms in total. The van der Waals surface area contributed by atoms with Crippen LogP contribution in [0.4, 0.5) is 4.39 Å². The van der Waals surface area contributed by atoms with E-state index in [9.17, 15) is 4.39 Å². The van der Waals surface area contributed by atoms with E-state index in [2.05, 4.69) is 31.2 Å². The molecule has 0 aromatic heterocycles. The Morgan fingerprint density at radius 1 is 1.21 bits per heavy atom. The van der Waals surface area contributed by atoms with Gasteiger partial charge in [0.2, 0.25) is 0 Å². The summed E-state index contributed by atoms with van der Waals surface area (Å²) in [6.45, 7) is 1.97. The van der Waals surface area contributed by atoms with Crippen LogP contribution in [0, 0.1) is 0 Å². The third-order valence-corrected chi connectivity index (χ3v) is 3.21. The Labute approximate surface area is 89.9 Å². The molecule has 0 aliphatic carbocycles. The van der Waals surface area contributed by atoms with Crippen molar-refractivity contribution in [3.8, 4) is 0 Å². The van der Waals surface area contributed by atoms with Gasteiger partial charge >= 0.3 is 0 Å². The molecule has 0 unspecified atom stereocenters. The third-order valence-electron chi connectivity index (χ3n) is 2.00. The highest BCUT2D eigenvalue weighted by Crippen LogP contribution is 2.19. The minimum atomic E-state index is -0.216. The second-order valence-corrected chi connectivity index (χ2v) is 4.45. The van der Waals surface area contributed by atoms with Crippen LogP contribution < -0.4 is 0 Å². The fourth-order valence-electron chi connectivity index (χ4n) is 1.24. The van der Waals surface area contributed by atoms with Gasteiger partial charge in [0, 0.05) is 4.90 Å². The van der Waals surface area contributed by atoms with Crippen LogP contribution in [0.25, 0.3) is 0 Å². The van der Waals surface area contributed by atoms with Crippen LogP contribution in [0.3, 0.4) is 0 Å². The zero-order valence-corrected chi connectivity index (χ0v) is 9.45. The molecule has 1 aromatic carbocycles. The molecule has 0 amide bonds. The van der Waals surface area contributed by atoms with E-state index in [4.69, 9.17) is 0 Å². The number of alkyl halides is 1. The molecule has 0 aliphatic rings. The van der Waals surface area contributed by atoms with Crippen molar-refractivity contribution in [1.82, 2.24) is 0 Å². The predicted octanol–water partition coefficient (Wildman–Crippen LogP) is 4.09. The number of benzene rings is 1. The monoisotopic (exact) mass is 212 g/mol. The molecule has 0 N–H and O–H groups in total. The first-order valence-corrected chi connectivity index (χ1v) is 6.13. The quantitative estimate of drug-likeness (QED) is 0.640. The summed E-state index contributed by atoms with van der Waals surface area (Å²) in [6, 6.07) is 8.48. The van der Waals surface area contributed by atoms with Crippen molar-refractivity contribution >= 4 is 11.8 Å². The minimum absolute atomic E-state index is 0.216. The van der Waals surface area contributed by atoms with Crippen molar-refractivity contribution in [2.75, 3.05) is 12.4 Å². The first-order valence-electron chi connectivity index (χ1n) is 5.14. The Balaban J connectivity index is 2.42. The number of rotatable bonds is 6. The number of halogens is 1. The summed E-state index contributed by atoms with van der Waals surface area (Å²) in [7, 11) is 0. The first kappa shape index (κ1) is 11.6. The van der Waals surface area contributed by atoms with Gasteiger partial charge in [0.15, 0.2) is 0 Å². The largest absolute Gasteiger partial charge is 0.251 e. The minimum Gasteiger partial charge on any atom is -0.251 e. The van der Waals surface area contributed by atoms with Gasteiger partial charge in [-0.25, -0.2) is 0 Å². The summed E-state index contributed by atoms with van der Waals surface area (Å²) in [4.78, 5) is 1.32. The molecule has 2 heteroatoms. The number of hydrogen-bond donors (Lipinski definition) is 0. The standard InChI is InChI=1S/C12H17FS/c1-2-10-14-12-7-5-11(6-8-12)4-3-9-13/h5-8H,2-4,9-10H2,1H3. The average molecular weight is 212 g/mol. The molecule has 0 bridgehead atoms. The van der Waals surface area contributed by atoms with Gasteiger partial charge in [0.05, 0.1) is 6.67 Å². The maximum Gasteiger partial charge on any atom is 0.0897 e. The fraction of sp³-hybridized carbons (Fsp3) is 0.500. The molecule has 78 valence electrons. The van der Waals surface area contributed by atoms with Crippen molar-refractivity contribution in [3.05, 3.63) is 29.8 Å². The molecule has 0 heterocycles. The fourth-order valence-corrected chi connectivity index (χ4v) is 2.01. The summed E-state index contributed by atoms with van der Waals surface area (Å²) in [5.41, 5.74) is 1.24. The molecule has 0 fully saturated rings. The lowest BCUT2D eigenvalue weighted by Crippen LogP contribution is -1.86. The number of hydrogen-bond acceptors (Lipinski definition) is 1. The molecule has 0 spiro atoms. The van der Waals surface area contributed by atoms with Crippen LogP contribution in [0.15, 0.2) is 29.2 Å². The molecule has 14 heavy (non-hydrogen) atoms. The number of thioether (sulfide) groups is 1.